The third kappa shape index (κ3) is 5.19. The first-order valence-corrected chi connectivity index (χ1v) is 12.7. The number of nitrogens with two attached hydrogens (primary N) is 1. The summed E-state index contributed by atoms with van der Waals surface area (Å²) >= 11 is 2.96. The first-order chi connectivity index (χ1) is 17.5. The van der Waals surface area contributed by atoms with Gasteiger partial charge in [0, 0.05) is 11.4 Å². The molecule has 3 heterocycles. The predicted octanol–water partition coefficient (Wildman–Crippen LogP) is 5.51. The van der Waals surface area contributed by atoms with Gasteiger partial charge in [-0.15, -0.1) is 27.8 Å². The van der Waals surface area contributed by atoms with Crippen molar-refractivity contribution >= 4 is 45.9 Å². The maximum Gasteiger partial charge on any atom is 0.335 e. The molecule has 0 atom stereocenters. The number of nitrogens with zero attached hydrogens (tertiary/aromatic N) is 3. The minimum Gasteiger partial charge on any atom is -0.478 e. The van der Waals surface area contributed by atoms with Crippen LogP contribution < -0.4 is 11.1 Å². The van der Waals surface area contributed by atoms with E-state index in [1.807, 2.05) is 41.9 Å². The van der Waals surface area contributed by atoms with Crippen LogP contribution in [0.25, 0.3) is 21.0 Å². The molecule has 1 amide bonds. The molecule has 5 rings (SSSR count). The number of aryl methyl sites for hydroxylation is 2. The lowest BCUT2D eigenvalue weighted by molar-refractivity contribution is 0.0696. The van der Waals surface area contributed by atoms with Gasteiger partial charge in [0.1, 0.15) is 5.69 Å². The summed E-state index contributed by atoms with van der Waals surface area (Å²) in [6, 6.07) is 20.0. The normalized spacial score (nSPS) is 10.9. The molecule has 0 saturated carbocycles. The summed E-state index contributed by atoms with van der Waals surface area (Å²) in [5.74, 6) is -1.18. The first-order valence-electron chi connectivity index (χ1n) is 11.0. The Hall–Kier alpha value is -4.28. The van der Waals surface area contributed by atoms with E-state index in [2.05, 4.69) is 15.6 Å². The van der Waals surface area contributed by atoms with Crippen molar-refractivity contribution in [3.8, 4) is 21.0 Å². The van der Waals surface area contributed by atoms with Gasteiger partial charge in [0.2, 0.25) is 0 Å². The molecule has 0 radical (unpaired) electrons. The van der Waals surface area contributed by atoms with E-state index in [0.717, 1.165) is 20.9 Å². The van der Waals surface area contributed by atoms with Gasteiger partial charge in [-0.25, -0.2) is 4.79 Å². The monoisotopic (exact) mass is 515 g/mol. The second-order valence-corrected chi connectivity index (χ2v) is 10.0. The Kier molecular flexibility index (Phi) is 6.61. The number of carbonyl (C=O) groups is 2. The maximum absolute atomic E-state index is 12.9. The highest BCUT2D eigenvalue weighted by Crippen LogP contribution is 2.32. The zero-order valence-corrected chi connectivity index (χ0v) is 20.6. The average molecular weight is 516 g/mol. The van der Waals surface area contributed by atoms with Gasteiger partial charge < -0.3 is 16.2 Å². The number of thiophene rings is 2. The Morgan fingerprint density at radius 2 is 1.86 bits per heavy atom. The van der Waals surface area contributed by atoms with Gasteiger partial charge in [0.25, 0.3) is 5.91 Å². The zero-order chi connectivity index (χ0) is 25.1. The van der Waals surface area contributed by atoms with E-state index in [-0.39, 0.29) is 11.5 Å². The molecule has 8 nitrogen and oxygen atoms in total. The number of rotatable bonds is 8. The van der Waals surface area contributed by atoms with Crippen molar-refractivity contribution in [2.45, 2.75) is 13.0 Å². The number of carbonyl (C=O) groups excluding carboxylic acids is 1. The molecule has 10 heteroatoms. The van der Waals surface area contributed by atoms with Crippen LogP contribution in [0.3, 0.4) is 0 Å². The summed E-state index contributed by atoms with van der Waals surface area (Å²) in [7, 11) is 0. The highest BCUT2D eigenvalue weighted by molar-refractivity contribution is 7.17. The number of benzene rings is 2. The van der Waals surface area contributed by atoms with Crippen molar-refractivity contribution in [2.24, 2.45) is 0 Å². The largest absolute Gasteiger partial charge is 0.478 e. The van der Waals surface area contributed by atoms with E-state index >= 15 is 0 Å². The molecular formula is C26H21N5O3S2. The summed E-state index contributed by atoms with van der Waals surface area (Å²) in [4.78, 5) is 26.4. The molecule has 36 heavy (non-hydrogen) atoms. The zero-order valence-electron chi connectivity index (χ0n) is 18.9. The van der Waals surface area contributed by atoms with Crippen LogP contribution in [0, 0.1) is 0 Å². The fourth-order valence-electron chi connectivity index (χ4n) is 3.62. The molecule has 3 aromatic heterocycles. The highest BCUT2D eigenvalue weighted by atomic mass is 32.1. The number of carboxylic acids is 1. The molecule has 0 spiro atoms. The Bertz CT molecular complexity index is 1520. The van der Waals surface area contributed by atoms with Gasteiger partial charge in [-0.2, -0.15) is 0 Å². The molecule has 0 bridgehead atoms. The lowest BCUT2D eigenvalue weighted by Gasteiger charge is -2.09. The van der Waals surface area contributed by atoms with Crippen molar-refractivity contribution in [3.63, 3.8) is 0 Å². The minimum atomic E-state index is -0.943. The summed E-state index contributed by atoms with van der Waals surface area (Å²) in [5.41, 5.74) is 10.1. The van der Waals surface area contributed by atoms with Gasteiger partial charge in [-0.1, -0.05) is 29.5 Å². The number of hydrogen-bond acceptors (Lipinski definition) is 7. The number of anilines is 2. The van der Waals surface area contributed by atoms with E-state index in [1.165, 1.54) is 11.3 Å². The number of aromatic carboxylic acids is 1. The number of aromatic nitrogens is 3. The average Bonchev–Trinajstić information content (AvgIpc) is 3.66. The fraction of sp³-hybridized carbons (Fsp3) is 0.0769. The molecule has 0 aliphatic heterocycles. The lowest BCUT2D eigenvalue weighted by Crippen LogP contribution is -2.11. The molecule has 5 aromatic rings. The van der Waals surface area contributed by atoms with Gasteiger partial charge in [0.15, 0.2) is 0 Å². The molecule has 0 unspecified atom stereocenters. The SMILES string of the molecule is Nc1ccc(-c2cccs2)cc1NC(=O)c1ccc(-c2cn(CCc3ccc(C(=O)O)cc3)nn2)s1. The van der Waals surface area contributed by atoms with E-state index in [0.29, 0.717) is 34.9 Å². The van der Waals surface area contributed by atoms with Gasteiger partial charge in [-0.05, 0) is 65.4 Å². The van der Waals surface area contributed by atoms with Crippen molar-refractivity contribution in [1.82, 2.24) is 15.0 Å². The third-order valence-electron chi connectivity index (χ3n) is 5.56. The quantitative estimate of drug-likeness (QED) is 0.234. The van der Waals surface area contributed by atoms with E-state index < -0.39 is 5.97 Å². The Balaban J connectivity index is 1.24. The fourth-order valence-corrected chi connectivity index (χ4v) is 5.20. The molecule has 0 fully saturated rings. The maximum atomic E-state index is 12.9. The van der Waals surface area contributed by atoms with Crippen LogP contribution in [0.4, 0.5) is 11.4 Å². The Morgan fingerprint density at radius 1 is 1.03 bits per heavy atom. The molecular weight excluding hydrogens is 494 g/mol. The van der Waals surface area contributed by atoms with Crippen LogP contribution in [0.1, 0.15) is 25.6 Å². The number of carboxylic acid groups (broad SMARTS) is 1. The molecule has 4 N–H and O–H groups in total. The second kappa shape index (κ2) is 10.1. The van der Waals surface area contributed by atoms with Gasteiger partial charge >= 0.3 is 5.97 Å². The van der Waals surface area contributed by atoms with Crippen molar-refractivity contribution in [3.05, 3.63) is 94.3 Å². The molecule has 0 saturated heterocycles. The van der Waals surface area contributed by atoms with Crippen molar-refractivity contribution < 1.29 is 14.7 Å². The number of nitrogens with one attached hydrogen (secondary N) is 1. The summed E-state index contributed by atoms with van der Waals surface area (Å²) in [6.45, 7) is 0.595. The first kappa shape index (κ1) is 23.5. The molecule has 0 aliphatic rings. The third-order valence-corrected chi connectivity index (χ3v) is 7.58. The van der Waals surface area contributed by atoms with Crippen LogP contribution in [0.5, 0.6) is 0 Å². The number of nitrogen functional groups attached to an aromatic ring is 1. The van der Waals surface area contributed by atoms with E-state index in [9.17, 15) is 9.59 Å². The van der Waals surface area contributed by atoms with E-state index in [4.69, 9.17) is 10.8 Å². The standard InChI is InChI=1S/C26H21N5O3S2/c27-19-8-7-18(22-2-1-13-35-22)14-20(19)28-25(32)24-10-9-23(36-24)21-15-31(30-29-21)12-11-16-3-5-17(6-4-16)26(33)34/h1-10,13-15H,11-12,27H2,(H,28,32)(H,33,34). The topological polar surface area (TPSA) is 123 Å². The summed E-state index contributed by atoms with van der Waals surface area (Å²) in [6.07, 6.45) is 2.52. The number of hydrogen-bond donors (Lipinski definition) is 3. The number of amides is 1. The van der Waals surface area contributed by atoms with Crippen LogP contribution in [0.2, 0.25) is 0 Å². The lowest BCUT2D eigenvalue weighted by atomic mass is 10.1. The Morgan fingerprint density at radius 3 is 2.61 bits per heavy atom. The van der Waals surface area contributed by atoms with Crippen LogP contribution >= 0.6 is 22.7 Å². The smallest absolute Gasteiger partial charge is 0.335 e. The van der Waals surface area contributed by atoms with Crippen LogP contribution in [-0.4, -0.2) is 32.0 Å². The molecule has 2 aromatic carbocycles. The second-order valence-electron chi connectivity index (χ2n) is 8.02. The minimum absolute atomic E-state index is 0.238. The summed E-state index contributed by atoms with van der Waals surface area (Å²) < 4.78 is 1.73. The van der Waals surface area contributed by atoms with E-state index in [1.54, 1.807) is 52.4 Å². The van der Waals surface area contributed by atoms with Crippen molar-refractivity contribution in [1.29, 1.82) is 0 Å². The highest BCUT2D eigenvalue weighted by Gasteiger charge is 2.15. The van der Waals surface area contributed by atoms with Crippen LogP contribution in [-0.2, 0) is 13.0 Å². The molecule has 0 aliphatic carbocycles. The van der Waals surface area contributed by atoms with Crippen LogP contribution in [0.15, 0.2) is 78.3 Å². The molecule has 180 valence electrons. The van der Waals surface area contributed by atoms with Gasteiger partial charge in [0.05, 0.1) is 32.9 Å². The predicted molar refractivity (Wildman–Crippen MR) is 143 cm³/mol. The van der Waals surface area contributed by atoms with Crippen molar-refractivity contribution in [2.75, 3.05) is 11.1 Å². The summed E-state index contributed by atoms with van der Waals surface area (Å²) in [5, 5.41) is 22.4. The Labute approximate surface area is 214 Å². The van der Waals surface area contributed by atoms with Gasteiger partial charge in [-0.3, -0.25) is 9.48 Å².